The van der Waals surface area contributed by atoms with Crippen LogP contribution >= 0.6 is 0 Å². The van der Waals surface area contributed by atoms with Gasteiger partial charge in [-0.15, -0.1) is 0 Å². The summed E-state index contributed by atoms with van der Waals surface area (Å²) in [4.78, 5) is 98.5. The van der Waals surface area contributed by atoms with E-state index < -0.39 is 78.4 Å². The van der Waals surface area contributed by atoms with Crippen molar-refractivity contribution in [3.63, 3.8) is 0 Å². The van der Waals surface area contributed by atoms with Crippen molar-refractivity contribution < 1.29 is 43.4 Å². The Bertz CT molecular complexity index is 1440. The number of unbranched alkanes of at least 4 members (excludes halogenated alkanes) is 2. The van der Waals surface area contributed by atoms with E-state index in [4.69, 9.17) is 4.74 Å². The number of phenolic OH excluding ortho intramolecular Hbond substituents is 1. The minimum atomic E-state index is -1.43. The molecule has 6 atom stereocenters. The quantitative estimate of drug-likeness (QED) is 0.208. The number of aromatic hydroxyl groups is 1. The van der Waals surface area contributed by atoms with Gasteiger partial charge in [-0.3, -0.25) is 28.8 Å². The molecule has 0 aromatic heterocycles. The molecule has 3 aliphatic rings. The Labute approximate surface area is 292 Å². The third-order valence-corrected chi connectivity index (χ3v) is 9.71. The Morgan fingerprint density at radius 3 is 2.24 bits per heavy atom. The zero-order valence-electron chi connectivity index (χ0n) is 29.3. The molecule has 1 aromatic rings. The van der Waals surface area contributed by atoms with E-state index in [-0.39, 0.29) is 37.6 Å². The number of hydrogen-bond acceptors (Lipinski definition) is 9. The summed E-state index contributed by atoms with van der Waals surface area (Å²) in [5.74, 6) is -3.99. The van der Waals surface area contributed by atoms with Crippen molar-refractivity contribution in [3.8, 4) is 5.75 Å². The maximum atomic E-state index is 14.2. The van der Waals surface area contributed by atoms with Crippen LogP contribution in [0, 0.1) is 0 Å². The zero-order valence-corrected chi connectivity index (χ0v) is 29.3. The molecule has 3 aliphatic heterocycles. The largest absolute Gasteiger partial charge is 0.508 e. The molecule has 4 rings (SSSR count). The molecule has 0 aliphatic carbocycles. The molecule has 4 N–H and O–H groups in total. The molecule has 0 saturated carbocycles. The number of benzene rings is 1. The van der Waals surface area contributed by atoms with Gasteiger partial charge in [0.05, 0.1) is 0 Å². The van der Waals surface area contributed by atoms with Gasteiger partial charge < -0.3 is 40.5 Å². The smallest absolute Gasteiger partial charge is 0.328 e. The fourth-order valence-electron chi connectivity index (χ4n) is 6.60. The number of nitrogens with zero attached hydrogens (tertiary/aromatic N) is 3. The maximum absolute atomic E-state index is 14.2. The Kier molecular flexibility index (Phi) is 13.2. The lowest BCUT2D eigenvalue weighted by Crippen LogP contribution is -2.60. The number of cyclic esters (lactones) is 1. The number of amides is 6. The molecule has 0 bridgehead atoms. The van der Waals surface area contributed by atoms with E-state index in [0.29, 0.717) is 37.7 Å². The van der Waals surface area contributed by atoms with Crippen molar-refractivity contribution in [3.05, 3.63) is 29.8 Å². The molecule has 274 valence electrons. The van der Waals surface area contributed by atoms with Crippen molar-refractivity contribution >= 4 is 41.4 Å². The fraction of sp³-hybridized carbons (Fsp3) is 0.629. The van der Waals surface area contributed by atoms with E-state index in [9.17, 15) is 38.7 Å². The van der Waals surface area contributed by atoms with Gasteiger partial charge in [-0.05, 0) is 63.6 Å². The van der Waals surface area contributed by atoms with Gasteiger partial charge in [0.15, 0.2) is 0 Å². The van der Waals surface area contributed by atoms with Crippen LogP contribution in [0.15, 0.2) is 24.3 Å². The van der Waals surface area contributed by atoms with Crippen molar-refractivity contribution in [1.29, 1.82) is 0 Å². The molecular formula is C35H50N6O9. The number of esters is 1. The van der Waals surface area contributed by atoms with Crippen LogP contribution in [0.25, 0.3) is 0 Å². The highest BCUT2D eigenvalue weighted by atomic mass is 16.5. The van der Waals surface area contributed by atoms with Crippen LogP contribution in [-0.4, -0.2) is 124 Å². The molecule has 15 nitrogen and oxygen atoms in total. The summed E-state index contributed by atoms with van der Waals surface area (Å²) < 4.78 is 5.62. The summed E-state index contributed by atoms with van der Waals surface area (Å²) in [6, 6.07) is -0.241. The molecule has 1 aromatic carbocycles. The maximum Gasteiger partial charge on any atom is 0.328 e. The summed E-state index contributed by atoms with van der Waals surface area (Å²) in [7, 11) is 1.46. The van der Waals surface area contributed by atoms with Crippen molar-refractivity contribution in [1.82, 2.24) is 30.7 Å². The van der Waals surface area contributed by atoms with Gasteiger partial charge in [0.1, 0.15) is 48.6 Å². The first-order chi connectivity index (χ1) is 23.8. The fourth-order valence-corrected chi connectivity index (χ4v) is 6.60. The van der Waals surface area contributed by atoms with E-state index >= 15 is 0 Å². The summed E-state index contributed by atoms with van der Waals surface area (Å²) in [6.07, 6.45) is 4.24. The van der Waals surface area contributed by atoms with Gasteiger partial charge >= 0.3 is 5.97 Å². The lowest BCUT2D eigenvalue weighted by molar-refractivity contribution is -0.158. The Morgan fingerprint density at radius 2 is 1.58 bits per heavy atom. The van der Waals surface area contributed by atoms with Crippen LogP contribution in [0.2, 0.25) is 0 Å². The summed E-state index contributed by atoms with van der Waals surface area (Å²) in [5, 5.41) is 17.8. The average molecular weight is 699 g/mol. The van der Waals surface area contributed by atoms with Crippen molar-refractivity contribution in [2.75, 3.05) is 26.7 Å². The lowest BCUT2D eigenvalue weighted by Gasteiger charge is -2.34. The molecule has 3 heterocycles. The summed E-state index contributed by atoms with van der Waals surface area (Å²) in [5.41, 5.74) is 0.638. The first-order valence-corrected chi connectivity index (χ1v) is 17.5. The second kappa shape index (κ2) is 17.3. The van der Waals surface area contributed by atoms with Crippen LogP contribution in [-0.2, 0) is 44.7 Å². The standard InChI is InChI=1S/C35H50N6O9/c1-5-6-7-12-29(43)37-25(19-23-13-15-24(42)16-14-23)31(45)38-26-20-50-35(49)28-11-9-18-41(28)32(46)21(2)36-30(44)22(3)39(4)34(48)27-10-8-17-40(27)33(26)47/h13-16,21-22,25-28,42H,5-12,17-20H2,1-4H3,(H,36,44)(H,37,43)(H,38,45)/t21-,22-,25?,26-,27-,28-/m0/s1. The second-order valence-corrected chi connectivity index (χ2v) is 13.4. The molecule has 3 saturated heterocycles. The first kappa shape index (κ1) is 38.1. The van der Waals surface area contributed by atoms with Crippen LogP contribution in [0.5, 0.6) is 5.75 Å². The van der Waals surface area contributed by atoms with Crippen LogP contribution in [0.3, 0.4) is 0 Å². The molecule has 1 unspecified atom stereocenters. The molecular weight excluding hydrogens is 648 g/mol. The Morgan fingerprint density at radius 1 is 0.940 bits per heavy atom. The zero-order chi connectivity index (χ0) is 36.5. The van der Waals surface area contributed by atoms with Crippen molar-refractivity contribution in [2.45, 2.75) is 115 Å². The van der Waals surface area contributed by atoms with Gasteiger partial charge in [-0.1, -0.05) is 31.9 Å². The van der Waals surface area contributed by atoms with E-state index in [0.717, 1.165) is 12.8 Å². The highest BCUT2D eigenvalue weighted by Gasteiger charge is 2.43. The van der Waals surface area contributed by atoms with E-state index in [1.807, 2.05) is 6.92 Å². The van der Waals surface area contributed by atoms with E-state index in [1.165, 1.54) is 47.7 Å². The summed E-state index contributed by atoms with van der Waals surface area (Å²) >= 11 is 0. The van der Waals surface area contributed by atoms with Crippen LogP contribution in [0.1, 0.15) is 77.7 Å². The molecule has 50 heavy (non-hydrogen) atoms. The SMILES string of the molecule is CCCCCC(=O)NC(Cc1ccc(O)cc1)C(=O)N[C@H]1COC(=O)[C@@H]2CCCN2C(=O)[C@H](C)NC(=O)[C@H](C)N(C)C(=O)[C@@H]2CCCN2C1=O. The average Bonchev–Trinajstić information content (AvgIpc) is 3.79. The number of phenols is 1. The number of rotatable bonds is 9. The number of carbonyl (C=O) groups is 7. The predicted octanol–water partition coefficient (Wildman–Crippen LogP) is 0.375. The Balaban J connectivity index is 1.64. The molecule has 0 spiro atoms. The number of ether oxygens (including phenoxy) is 1. The van der Waals surface area contributed by atoms with Gasteiger partial charge in [0.25, 0.3) is 0 Å². The van der Waals surface area contributed by atoms with Crippen LogP contribution in [0.4, 0.5) is 0 Å². The molecule has 0 radical (unpaired) electrons. The monoisotopic (exact) mass is 698 g/mol. The predicted molar refractivity (Wildman–Crippen MR) is 180 cm³/mol. The van der Waals surface area contributed by atoms with Gasteiger partial charge in [0.2, 0.25) is 35.4 Å². The number of hydrogen-bond donors (Lipinski definition) is 4. The lowest BCUT2D eigenvalue weighted by atomic mass is 10.0. The third kappa shape index (κ3) is 9.30. The highest BCUT2D eigenvalue weighted by Crippen LogP contribution is 2.23. The normalized spacial score (nSPS) is 25.8. The van der Waals surface area contributed by atoms with Crippen LogP contribution < -0.4 is 16.0 Å². The van der Waals surface area contributed by atoms with Crippen molar-refractivity contribution in [2.24, 2.45) is 0 Å². The van der Waals surface area contributed by atoms with E-state index in [1.54, 1.807) is 12.1 Å². The van der Waals surface area contributed by atoms with Gasteiger partial charge in [0, 0.05) is 33.0 Å². The molecule has 6 amide bonds. The van der Waals surface area contributed by atoms with Gasteiger partial charge in [-0.2, -0.15) is 0 Å². The number of nitrogens with one attached hydrogen (secondary N) is 3. The minimum Gasteiger partial charge on any atom is -0.508 e. The van der Waals surface area contributed by atoms with Gasteiger partial charge in [-0.25, -0.2) is 4.79 Å². The number of fused-ring (bicyclic) bond motifs is 2. The molecule has 15 heteroatoms. The molecule has 3 fully saturated rings. The third-order valence-electron chi connectivity index (χ3n) is 9.71. The number of carbonyl (C=O) groups excluding carboxylic acids is 7. The first-order valence-electron chi connectivity index (χ1n) is 17.5. The number of likely N-dealkylation sites (N-methyl/N-ethyl adjacent to an activating group) is 1. The minimum absolute atomic E-state index is 0.0317. The van der Waals surface area contributed by atoms with E-state index in [2.05, 4.69) is 16.0 Å². The highest BCUT2D eigenvalue weighted by molar-refractivity contribution is 5.97. The second-order valence-electron chi connectivity index (χ2n) is 13.4. The topological polar surface area (TPSA) is 195 Å². The summed E-state index contributed by atoms with van der Waals surface area (Å²) in [6.45, 7) is 4.93. The Hall–Kier alpha value is -4.69.